The van der Waals surface area contributed by atoms with Crippen LogP contribution in [0.3, 0.4) is 0 Å². The van der Waals surface area contributed by atoms with Crippen molar-refractivity contribution in [2.24, 2.45) is 0 Å². The minimum absolute atomic E-state index is 0.330. The molecule has 2 atom stereocenters. The number of carboxylic acid groups (broad SMARTS) is 1. The van der Waals surface area contributed by atoms with E-state index in [2.05, 4.69) is 5.32 Å². The summed E-state index contributed by atoms with van der Waals surface area (Å²) in [6.45, 7) is 3.57. The van der Waals surface area contributed by atoms with E-state index in [1.807, 2.05) is 13.2 Å². The molecule has 0 spiro atoms. The van der Waals surface area contributed by atoms with Gasteiger partial charge in [0.2, 0.25) is 0 Å². The van der Waals surface area contributed by atoms with Gasteiger partial charge in [0.1, 0.15) is 17.4 Å². The van der Waals surface area contributed by atoms with Crippen LogP contribution in [0.2, 0.25) is 0 Å². The number of hydrogen-bond donors (Lipinski definition) is 2. The fourth-order valence-electron chi connectivity index (χ4n) is 2.80. The molecule has 1 aromatic heterocycles. The molecule has 8 heteroatoms. The summed E-state index contributed by atoms with van der Waals surface area (Å²) in [7, 11) is 0. The fourth-order valence-corrected chi connectivity index (χ4v) is 3.27. The van der Waals surface area contributed by atoms with Gasteiger partial charge in [-0.15, -0.1) is 0 Å². The SMILES string of the molecule is CCCc1cc(=O)oc2cc(OC(C)C(=O)N[C@@H](CCSC)C(=O)O)ccc12. The Balaban J connectivity index is 2.13. The molecule has 1 unspecified atom stereocenters. The Kier molecular flexibility index (Phi) is 7.92. The standard InChI is InChI=1S/C20H25NO6S/c1-4-5-13-10-18(22)27-17-11-14(6-7-15(13)17)26-12(2)19(23)21-16(20(24)25)8-9-28-3/h6-7,10-12,16H,4-5,8-9H2,1-3H3,(H,21,23)(H,24,25)/t12?,16-/m0/s1. The van der Waals surface area contributed by atoms with Gasteiger partial charge in [0.05, 0.1) is 0 Å². The molecule has 0 aliphatic carbocycles. The average Bonchev–Trinajstić information content (AvgIpc) is 2.64. The molecule has 2 rings (SSSR count). The maximum atomic E-state index is 12.3. The summed E-state index contributed by atoms with van der Waals surface area (Å²) in [5.41, 5.74) is 0.866. The third-order valence-corrected chi connectivity index (χ3v) is 4.87. The Hall–Kier alpha value is -2.48. The van der Waals surface area contributed by atoms with E-state index in [0.29, 0.717) is 23.5 Å². The van der Waals surface area contributed by atoms with Crippen LogP contribution < -0.4 is 15.7 Å². The second-order valence-electron chi connectivity index (χ2n) is 6.44. The molecule has 7 nitrogen and oxygen atoms in total. The number of carbonyl (C=O) groups is 2. The first kappa shape index (κ1) is 21.8. The van der Waals surface area contributed by atoms with E-state index in [4.69, 9.17) is 9.15 Å². The normalized spacial score (nSPS) is 13.1. The van der Waals surface area contributed by atoms with Crippen molar-refractivity contribution in [2.75, 3.05) is 12.0 Å². The third kappa shape index (κ3) is 5.76. The summed E-state index contributed by atoms with van der Waals surface area (Å²) in [5, 5.41) is 12.5. The number of aliphatic carboxylic acids is 1. The van der Waals surface area contributed by atoms with E-state index in [1.165, 1.54) is 24.8 Å². The van der Waals surface area contributed by atoms with Crippen molar-refractivity contribution in [2.45, 2.75) is 45.3 Å². The number of carboxylic acids is 1. The van der Waals surface area contributed by atoms with Crippen LogP contribution >= 0.6 is 11.8 Å². The van der Waals surface area contributed by atoms with Gasteiger partial charge >= 0.3 is 11.6 Å². The Bertz CT molecular complexity index is 894. The number of ether oxygens (including phenoxy) is 1. The summed E-state index contributed by atoms with van der Waals surface area (Å²) < 4.78 is 10.9. The van der Waals surface area contributed by atoms with Gasteiger partial charge in [0, 0.05) is 17.5 Å². The highest BCUT2D eigenvalue weighted by molar-refractivity contribution is 7.98. The predicted molar refractivity (Wildman–Crippen MR) is 109 cm³/mol. The summed E-state index contributed by atoms with van der Waals surface area (Å²) >= 11 is 1.51. The van der Waals surface area contributed by atoms with Gasteiger partial charge in [0.15, 0.2) is 6.10 Å². The quantitative estimate of drug-likeness (QED) is 0.583. The highest BCUT2D eigenvalue weighted by Crippen LogP contribution is 2.24. The van der Waals surface area contributed by atoms with Crippen molar-refractivity contribution < 1.29 is 23.8 Å². The first-order valence-electron chi connectivity index (χ1n) is 9.11. The number of carbonyl (C=O) groups excluding carboxylic acids is 1. The summed E-state index contributed by atoms with van der Waals surface area (Å²) in [5.74, 6) is -0.612. The second-order valence-corrected chi connectivity index (χ2v) is 7.43. The van der Waals surface area contributed by atoms with Crippen molar-refractivity contribution in [3.63, 3.8) is 0 Å². The van der Waals surface area contributed by atoms with Crippen molar-refractivity contribution in [1.82, 2.24) is 5.32 Å². The number of aryl methyl sites for hydroxylation is 1. The third-order valence-electron chi connectivity index (χ3n) is 4.23. The number of nitrogens with one attached hydrogen (secondary N) is 1. The van der Waals surface area contributed by atoms with Crippen LogP contribution in [-0.2, 0) is 16.0 Å². The van der Waals surface area contributed by atoms with Gasteiger partial charge in [0.25, 0.3) is 5.91 Å². The van der Waals surface area contributed by atoms with E-state index < -0.39 is 29.6 Å². The second kappa shape index (κ2) is 10.2. The topological polar surface area (TPSA) is 106 Å². The molecule has 0 bridgehead atoms. The molecule has 0 aliphatic heterocycles. The fraction of sp³-hybridized carbons (Fsp3) is 0.450. The summed E-state index contributed by atoms with van der Waals surface area (Å²) in [4.78, 5) is 35.3. The zero-order valence-electron chi connectivity index (χ0n) is 16.2. The number of rotatable bonds is 10. The zero-order chi connectivity index (χ0) is 20.7. The van der Waals surface area contributed by atoms with Gasteiger partial charge < -0.3 is 19.6 Å². The monoisotopic (exact) mass is 407 g/mol. The highest BCUT2D eigenvalue weighted by Gasteiger charge is 2.23. The molecule has 0 saturated heterocycles. The van der Waals surface area contributed by atoms with Crippen LogP contribution in [0.25, 0.3) is 11.0 Å². The average molecular weight is 407 g/mol. The Morgan fingerprint density at radius 1 is 1.32 bits per heavy atom. The van der Waals surface area contributed by atoms with Gasteiger partial charge in [-0.25, -0.2) is 9.59 Å². The predicted octanol–water partition coefficient (Wildman–Crippen LogP) is 2.84. The van der Waals surface area contributed by atoms with Crippen LogP contribution in [0.1, 0.15) is 32.3 Å². The van der Waals surface area contributed by atoms with E-state index in [0.717, 1.165) is 23.8 Å². The minimum atomic E-state index is -1.08. The number of benzene rings is 1. The summed E-state index contributed by atoms with van der Waals surface area (Å²) in [6.07, 6.45) is 2.95. The molecule has 28 heavy (non-hydrogen) atoms. The van der Waals surface area contributed by atoms with Gasteiger partial charge in [-0.05, 0) is 49.5 Å². The molecular weight excluding hydrogens is 382 g/mol. The Morgan fingerprint density at radius 2 is 2.07 bits per heavy atom. The Labute approximate surface area is 167 Å². The highest BCUT2D eigenvalue weighted by atomic mass is 32.2. The molecule has 0 fully saturated rings. The zero-order valence-corrected chi connectivity index (χ0v) is 17.0. The number of amides is 1. The first-order chi connectivity index (χ1) is 13.3. The van der Waals surface area contributed by atoms with Crippen molar-refractivity contribution >= 4 is 34.6 Å². The largest absolute Gasteiger partial charge is 0.481 e. The van der Waals surface area contributed by atoms with Crippen molar-refractivity contribution in [3.8, 4) is 5.75 Å². The molecule has 1 aromatic carbocycles. The number of fused-ring (bicyclic) bond motifs is 1. The summed E-state index contributed by atoms with van der Waals surface area (Å²) in [6, 6.07) is 5.60. The van der Waals surface area contributed by atoms with Crippen molar-refractivity contribution in [1.29, 1.82) is 0 Å². The maximum absolute atomic E-state index is 12.3. The van der Waals surface area contributed by atoms with Crippen LogP contribution in [0.5, 0.6) is 5.75 Å². The number of hydrogen-bond acceptors (Lipinski definition) is 6. The van der Waals surface area contributed by atoms with Gasteiger partial charge in [-0.2, -0.15) is 11.8 Å². The van der Waals surface area contributed by atoms with Crippen LogP contribution in [-0.4, -0.2) is 41.1 Å². The van der Waals surface area contributed by atoms with Crippen molar-refractivity contribution in [3.05, 3.63) is 40.2 Å². The lowest BCUT2D eigenvalue weighted by molar-refractivity contribution is -0.142. The molecule has 152 valence electrons. The van der Waals surface area contributed by atoms with Gasteiger partial charge in [-0.1, -0.05) is 13.3 Å². The van der Waals surface area contributed by atoms with E-state index in [9.17, 15) is 19.5 Å². The molecule has 0 aliphatic rings. The van der Waals surface area contributed by atoms with Crippen LogP contribution in [0.15, 0.2) is 33.5 Å². The van der Waals surface area contributed by atoms with E-state index in [-0.39, 0.29) is 0 Å². The number of thioether (sulfide) groups is 1. The van der Waals surface area contributed by atoms with Crippen LogP contribution in [0, 0.1) is 0 Å². The lowest BCUT2D eigenvalue weighted by atomic mass is 10.1. The molecule has 2 aromatic rings. The lowest BCUT2D eigenvalue weighted by Crippen LogP contribution is -2.46. The van der Waals surface area contributed by atoms with Crippen LogP contribution in [0.4, 0.5) is 0 Å². The molecule has 2 N–H and O–H groups in total. The lowest BCUT2D eigenvalue weighted by Gasteiger charge is -2.19. The maximum Gasteiger partial charge on any atom is 0.336 e. The van der Waals surface area contributed by atoms with Gasteiger partial charge in [-0.3, -0.25) is 4.79 Å². The molecule has 1 heterocycles. The molecular formula is C20H25NO6S. The first-order valence-corrected chi connectivity index (χ1v) is 10.5. The smallest absolute Gasteiger partial charge is 0.336 e. The van der Waals surface area contributed by atoms with E-state index in [1.54, 1.807) is 18.2 Å². The molecule has 0 radical (unpaired) electrons. The molecule has 1 amide bonds. The van der Waals surface area contributed by atoms with E-state index >= 15 is 0 Å². The Morgan fingerprint density at radius 3 is 2.71 bits per heavy atom. The molecule has 0 saturated carbocycles. The minimum Gasteiger partial charge on any atom is -0.481 e.